The van der Waals surface area contributed by atoms with Crippen molar-refractivity contribution < 1.29 is 9.47 Å². The first-order valence-electron chi connectivity index (χ1n) is 9.20. The summed E-state index contributed by atoms with van der Waals surface area (Å²) in [6.07, 6.45) is 0.686. The van der Waals surface area contributed by atoms with Crippen molar-refractivity contribution in [2.75, 3.05) is 6.61 Å². The number of nitrogens with zero attached hydrogens (tertiary/aromatic N) is 2. The second kappa shape index (κ2) is 6.74. The maximum atomic E-state index is 6.33. The molecule has 0 N–H and O–H groups in total. The van der Waals surface area contributed by atoms with Crippen molar-refractivity contribution in [3.05, 3.63) is 82.0 Å². The lowest BCUT2D eigenvalue weighted by Gasteiger charge is -2.37. The third-order valence-corrected chi connectivity index (χ3v) is 5.73. The molecule has 5 heteroatoms. The lowest BCUT2D eigenvalue weighted by atomic mass is 9.96. The maximum Gasteiger partial charge on any atom is 0.214 e. The molecule has 1 aromatic heterocycles. The van der Waals surface area contributed by atoms with Crippen LogP contribution in [0.25, 0.3) is 0 Å². The Kier molecular flexibility index (Phi) is 4.09. The molecule has 0 radical (unpaired) electrons. The normalized spacial score (nSPS) is 20.5. The summed E-state index contributed by atoms with van der Waals surface area (Å²) in [6, 6.07) is 18.8. The van der Waals surface area contributed by atoms with Gasteiger partial charge < -0.3 is 9.47 Å². The zero-order valence-electron chi connectivity index (χ0n) is 15.0. The lowest BCUT2D eigenvalue weighted by Crippen LogP contribution is -2.33. The van der Waals surface area contributed by atoms with E-state index in [0.29, 0.717) is 6.61 Å². The smallest absolute Gasteiger partial charge is 0.214 e. The zero-order valence-corrected chi connectivity index (χ0v) is 15.9. The van der Waals surface area contributed by atoms with Crippen LogP contribution in [-0.2, 0) is 0 Å². The van der Waals surface area contributed by atoms with Crippen molar-refractivity contribution in [1.82, 2.24) is 5.01 Å². The van der Waals surface area contributed by atoms with Gasteiger partial charge in [0.1, 0.15) is 11.5 Å². The molecule has 2 aliphatic rings. The van der Waals surface area contributed by atoms with E-state index in [1.165, 1.54) is 5.56 Å². The highest BCUT2D eigenvalue weighted by Gasteiger charge is 2.40. The van der Waals surface area contributed by atoms with E-state index in [9.17, 15) is 0 Å². The Morgan fingerprint density at radius 2 is 2.00 bits per heavy atom. The number of thiophene rings is 1. The van der Waals surface area contributed by atoms with Crippen LogP contribution in [0.2, 0.25) is 0 Å². The van der Waals surface area contributed by atoms with Gasteiger partial charge in [0, 0.05) is 17.5 Å². The molecule has 2 aliphatic heterocycles. The highest BCUT2D eigenvalue weighted by Crippen LogP contribution is 2.47. The molecule has 0 unspecified atom stereocenters. The number of hydrogen-bond acceptors (Lipinski definition) is 5. The summed E-state index contributed by atoms with van der Waals surface area (Å²) in [7, 11) is 0. The Morgan fingerprint density at radius 1 is 1.15 bits per heavy atom. The van der Waals surface area contributed by atoms with Crippen molar-refractivity contribution in [3.8, 4) is 11.5 Å². The fourth-order valence-electron chi connectivity index (χ4n) is 3.75. The zero-order chi connectivity index (χ0) is 18.2. The summed E-state index contributed by atoms with van der Waals surface area (Å²) in [5.41, 5.74) is 4.57. The number of ether oxygens (including phenoxy) is 2. The number of hydrogen-bond donors (Lipinski definition) is 0. The average molecular weight is 376 g/mol. The molecule has 0 saturated carbocycles. The first-order chi connectivity index (χ1) is 13.3. The molecular formula is C22H20N2O2S. The van der Waals surface area contributed by atoms with Crippen LogP contribution in [0, 0.1) is 0 Å². The molecule has 0 aliphatic carbocycles. The average Bonchev–Trinajstić information content (AvgIpc) is 3.39. The summed E-state index contributed by atoms with van der Waals surface area (Å²) in [6.45, 7) is 2.67. The highest BCUT2D eigenvalue weighted by molar-refractivity contribution is 7.07. The molecule has 0 fully saturated rings. The van der Waals surface area contributed by atoms with E-state index in [2.05, 4.69) is 52.2 Å². The van der Waals surface area contributed by atoms with Crippen LogP contribution in [0.1, 0.15) is 42.3 Å². The standard InChI is InChI=1S/C22H20N2O2S/c1-2-25-17-9-7-15(8-10-17)19-13-20-18-5-3-4-6-21(18)26-22(24(20)23-19)16-11-12-27-14-16/h3-12,14,20,22H,2,13H2,1H3/t20-,22-/m0/s1. The molecule has 0 saturated heterocycles. The van der Waals surface area contributed by atoms with E-state index in [1.807, 2.05) is 25.1 Å². The largest absolute Gasteiger partial charge is 0.494 e. The van der Waals surface area contributed by atoms with Crippen LogP contribution in [-0.4, -0.2) is 17.3 Å². The Morgan fingerprint density at radius 3 is 2.78 bits per heavy atom. The fraction of sp³-hybridized carbons (Fsp3) is 0.227. The van der Waals surface area contributed by atoms with Crippen LogP contribution in [0.5, 0.6) is 11.5 Å². The van der Waals surface area contributed by atoms with Crippen LogP contribution in [0.3, 0.4) is 0 Å². The predicted octanol–water partition coefficient (Wildman–Crippen LogP) is 5.39. The Balaban J connectivity index is 1.52. The molecule has 136 valence electrons. The number of fused-ring (bicyclic) bond motifs is 3. The van der Waals surface area contributed by atoms with Gasteiger partial charge in [-0.2, -0.15) is 16.4 Å². The molecule has 3 aromatic rings. The van der Waals surface area contributed by atoms with Gasteiger partial charge in [0.25, 0.3) is 0 Å². The van der Waals surface area contributed by atoms with Crippen LogP contribution in [0.15, 0.2) is 70.5 Å². The van der Waals surface area contributed by atoms with E-state index in [0.717, 1.165) is 34.8 Å². The van der Waals surface area contributed by atoms with Crippen molar-refractivity contribution in [2.45, 2.75) is 25.6 Å². The summed E-state index contributed by atoms with van der Waals surface area (Å²) in [4.78, 5) is 0. The van der Waals surface area contributed by atoms with Gasteiger partial charge in [0.15, 0.2) is 0 Å². The van der Waals surface area contributed by atoms with Crippen molar-refractivity contribution in [3.63, 3.8) is 0 Å². The predicted molar refractivity (Wildman–Crippen MR) is 107 cm³/mol. The van der Waals surface area contributed by atoms with Crippen molar-refractivity contribution in [2.24, 2.45) is 5.10 Å². The second-order valence-electron chi connectivity index (χ2n) is 6.67. The molecule has 4 nitrogen and oxygen atoms in total. The minimum atomic E-state index is -0.184. The number of hydrazone groups is 1. The van der Waals surface area contributed by atoms with Gasteiger partial charge in [-0.1, -0.05) is 18.2 Å². The Labute approximate surface area is 162 Å². The molecule has 2 atom stereocenters. The van der Waals surface area contributed by atoms with Gasteiger partial charge in [0.05, 0.1) is 18.4 Å². The van der Waals surface area contributed by atoms with Crippen molar-refractivity contribution >= 4 is 17.0 Å². The first-order valence-corrected chi connectivity index (χ1v) is 10.1. The van der Waals surface area contributed by atoms with Gasteiger partial charge in [-0.3, -0.25) is 0 Å². The maximum absolute atomic E-state index is 6.33. The highest BCUT2D eigenvalue weighted by atomic mass is 32.1. The molecule has 3 heterocycles. The molecule has 0 bridgehead atoms. The summed E-state index contributed by atoms with van der Waals surface area (Å²) >= 11 is 1.68. The number of para-hydroxylation sites is 1. The van der Waals surface area contributed by atoms with E-state index in [-0.39, 0.29) is 12.3 Å². The molecule has 27 heavy (non-hydrogen) atoms. The van der Waals surface area contributed by atoms with Crippen molar-refractivity contribution in [1.29, 1.82) is 0 Å². The van der Waals surface area contributed by atoms with Crippen LogP contribution < -0.4 is 9.47 Å². The van der Waals surface area contributed by atoms with Crippen LogP contribution in [0.4, 0.5) is 0 Å². The number of benzene rings is 2. The lowest BCUT2D eigenvalue weighted by molar-refractivity contribution is -0.0187. The van der Waals surface area contributed by atoms with Gasteiger partial charge in [-0.15, -0.1) is 0 Å². The SMILES string of the molecule is CCOc1ccc(C2=NN3[C@@H](C2)c2ccccc2O[C@H]3c2ccsc2)cc1. The fourth-order valence-corrected chi connectivity index (χ4v) is 4.42. The topological polar surface area (TPSA) is 34.1 Å². The molecular weight excluding hydrogens is 356 g/mol. The van der Waals surface area contributed by atoms with Gasteiger partial charge >= 0.3 is 0 Å². The second-order valence-corrected chi connectivity index (χ2v) is 7.45. The monoisotopic (exact) mass is 376 g/mol. The van der Waals surface area contributed by atoms with E-state index < -0.39 is 0 Å². The summed E-state index contributed by atoms with van der Waals surface area (Å²) < 4.78 is 11.9. The minimum Gasteiger partial charge on any atom is -0.494 e. The molecule has 0 spiro atoms. The van der Waals surface area contributed by atoms with E-state index >= 15 is 0 Å². The quantitative estimate of drug-likeness (QED) is 0.612. The van der Waals surface area contributed by atoms with Gasteiger partial charge in [-0.05, 0) is 59.6 Å². The Hall–Kier alpha value is -2.79. The van der Waals surface area contributed by atoms with E-state index in [4.69, 9.17) is 14.6 Å². The number of rotatable bonds is 4. The molecule has 0 amide bonds. The first kappa shape index (κ1) is 16.4. The summed E-state index contributed by atoms with van der Waals surface area (Å²) in [5, 5.41) is 11.3. The van der Waals surface area contributed by atoms with Gasteiger partial charge in [0.2, 0.25) is 6.23 Å². The van der Waals surface area contributed by atoms with E-state index in [1.54, 1.807) is 11.3 Å². The molecule has 2 aromatic carbocycles. The van der Waals surface area contributed by atoms with Crippen LogP contribution >= 0.6 is 11.3 Å². The van der Waals surface area contributed by atoms with Gasteiger partial charge in [-0.25, -0.2) is 5.01 Å². The minimum absolute atomic E-state index is 0.184. The molecule has 5 rings (SSSR count). The third-order valence-electron chi connectivity index (χ3n) is 5.03. The third kappa shape index (κ3) is 2.88. The Bertz CT molecular complexity index is 966. The summed E-state index contributed by atoms with van der Waals surface area (Å²) in [5.74, 6) is 1.85.